The molecule has 1 aliphatic rings. The number of rotatable bonds is 3. The summed E-state index contributed by atoms with van der Waals surface area (Å²) in [7, 11) is 2.08. The fourth-order valence-electron chi connectivity index (χ4n) is 2.59. The van der Waals surface area contributed by atoms with Gasteiger partial charge in [0, 0.05) is 19.6 Å². The SMILES string of the molecule is Cc1noc([C@@H]2CN(Cc3nc(C)c(C)o3)CCN2C)n1. The average molecular weight is 291 g/mol. The molecule has 0 amide bonds. The summed E-state index contributed by atoms with van der Waals surface area (Å²) in [4.78, 5) is 13.4. The molecule has 21 heavy (non-hydrogen) atoms. The van der Waals surface area contributed by atoms with E-state index in [1.54, 1.807) is 0 Å². The van der Waals surface area contributed by atoms with Crippen LogP contribution < -0.4 is 0 Å². The van der Waals surface area contributed by atoms with Gasteiger partial charge in [-0.3, -0.25) is 9.80 Å². The van der Waals surface area contributed by atoms with Gasteiger partial charge in [0.05, 0.1) is 12.2 Å². The highest BCUT2D eigenvalue weighted by Gasteiger charge is 2.30. The molecule has 3 heterocycles. The molecule has 2 aromatic rings. The molecule has 0 aromatic carbocycles. The van der Waals surface area contributed by atoms with Gasteiger partial charge in [0.2, 0.25) is 11.8 Å². The molecule has 1 fully saturated rings. The molecule has 0 saturated carbocycles. The minimum Gasteiger partial charge on any atom is -0.444 e. The van der Waals surface area contributed by atoms with Crippen molar-refractivity contribution >= 4 is 0 Å². The van der Waals surface area contributed by atoms with E-state index in [0.29, 0.717) is 18.3 Å². The molecule has 0 N–H and O–H groups in total. The fourth-order valence-corrected chi connectivity index (χ4v) is 2.59. The maximum Gasteiger partial charge on any atom is 0.245 e. The third-order valence-corrected chi connectivity index (χ3v) is 3.99. The first-order valence-electron chi connectivity index (χ1n) is 7.18. The highest BCUT2D eigenvalue weighted by Crippen LogP contribution is 2.23. The molecule has 7 nitrogen and oxygen atoms in total. The van der Waals surface area contributed by atoms with Crippen LogP contribution in [0.3, 0.4) is 0 Å². The largest absolute Gasteiger partial charge is 0.444 e. The van der Waals surface area contributed by atoms with Crippen molar-refractivity contribution in [3.63, 3.8) is 0 Å². The first-order chi connectivity index (χ1) is 10.0. The van der Waals surface area contributed by atoms with E-state index < -0.39 is 0 Å². The van der Waals surface area contributed by atoms with Crippen LogP contribution in [0, 0.1) is 20.8 Å². The number of nitrogens with zero attached hydrogens (tertiary/aromatic N) is 5. The monoisotopic (exact) mass is 291 g/mol. The molecule has 7 heteroatoms. The molecular weight excluding hydrogens is 270 g/mol. The highest BCUT2D eigenvalue weighted by molar-refractivity contribution is 5.05. The maximum atomic E-state index is 5.67. The van der Waals surface area contributed by atoms with Crippen molar-refractivity contribution in [3.05, 3.63) is 29.1 Å². The van der Waals surface area contributed by atoms with Gasteiger partial charge in [-0.25, -0.2) is 4.98 Å². The number of likely N-dealkylation sites (N-methyl/N-ethyl adjacent to an activating group) is 1. The number of aryl methyl sites for hydroxylation is 3. The van der Waals surface area contributed by atoms with E-state index >= 15 is 0 Å². The van der Waals surface area contributed by atoms with Crippen LogP contribution in [0.1, 0.15) is 35.1 Å². The zero-order valence-corrected chi connectivity index (χ0v) is 13.0. The molecule has 3 rings (SSSR count). The molecule has 2 aromatic heterocycles. The smallest absolute Gasteiger partial charge is 0.245 e. The van der Waals surface area contributed by atoms with Gasteiger partial charge in [-0.1, -0.05) is 5.16 Å². The number of hydrogen-bond donors (Lipinski definition) is 0. The highest BCUT2D eigenvalue weighted by atomic mass is 16.5. The topological polar surface area (TPSA) is 71.4 Å². The predicted octanol–water partition coefficient (Wildman–Crippen LogP) is 1.47. The summed E-state index contributed by atoms with van der Waals surface area (Å²) >= 11 is 0. The van der Waals surface area contributed by atoms with Crippen LogP contribution >= 0.6 is 0 Å². The Kier molecular flexibility index (Phi) is 3.77. The van der Waals surface area contributed by atoms with Crippen molar-refractivity contribution in [3.8, 4) is 0 Å². The third kappa shape index (κ3) is 2.98. The van der Waals surface area contributed by atoms with E-state index in [4.69, 9.17) is 8.94 Å². The Morgan fingerprint density at radius 3 is 2.62 bits per heavy atom. The van der Waals surface area contributed by atoms with Crippen molar-refractivity contribution in [2.45, 2.75) is 33.4 Å². The van der Waals surface area contributed by atoms with Gasteiger partial charge in [-0.15, -0.1) is 0 Å². The number of aromatic nitrogens is 3. The van der Waals surface area contributed by atoms with Crippen LogP contribution in [-0.4, -0.2) is 51.6 Å². The standard InChI is InChI=1S/C14H21N5O2/c1-9-10(2)20-13(15-9)8-19-6-5-18(4)12(7-19)14-16-11(3)17-21-14/h12H,5-8H2,1-4H3/t12-/m0/s1. The first kappa shape index (κ1) is 14.2. The molecule has 0 aliphatic carbocycles. The van der Waals surface area contributed by atoms with Gasteiger partial charge in [-0.2, -0.15) is 4.98 Å². The van der Waals surface area contributed by atoms with Crippen LogP contribution in [0.4, 0.5) is 0 Å². The van der Waals surface area contributed by atoms with E-state index in [1.807, 2.05) is 20.8 Å². The average Bonchev–Trinajstić information content (AvgIpc) is 2.99. The third-order valence-electron chi connectivity index (χ3n) is 3.99. The predicted molar refractivity (Wildman–Crippen MR) is 75.7 cm³/mol. The molecule has 1 aliphatic heterocycles. The Bertz CT molecular complexity index is 601. The lowest BCUT2D eigenvalue weighted by molar-refractivity contribution is 0.0662. The molecule has 0 radical (unpaired) electrons. The molecule has 0 bridgehead atoms. The Morgan fingerprint density at radius 1 is 1.19 bits per heavy atom. The van der Waals surface area contributed by atoms with Crippen molar-refractivity contribution < 1.29 is 8.94 Å². The first-order valence-corrected chi connectivity index (χ1v) is 7.18. The number of piperazine rings is 1. The Labute approximate surface area is 123 Å². The van der Waals surface area contributed by atoms with Gasteiger partial charge in [0.1, 0.15) is 11.8 Å². The summed E-state index contributed by atoms with van der Waals surface area (Å²) in [5, 5.41) is 3.89. The van der Waals surface area contributed by atoms with Crippen molar-refractivity contribution in [2.24, 2.45) is 0 Å². The fraction of sp³-hybridized carbons (Fsp3) is 0.643. The van der Waals surface area contributed by atoms with E-state index in [1.165, 1.54) is 0 Å². The second kappa shape index (κ2) is 5.57. The lowest BCUT2D eigenvalue weighted by Gasteiger charge is -2.36. The Balaban J connectivity index is 1.70. The van der Waals surface area contributed by atoms with Gasteiger partial charge in [0.25, 0.3) is 0 Å². The van der Waals surface area contributed by atoms with Gasteiger partial charge < -0.3 is 8.94 Å². The summed E-state index contributed by atoms with van der Waals surface area (Å²) < 4.78 is 11.0. The van der Waals surface area contributed by atoms with Crippen molar-refractivity contribution in [1.29, 1.82) is 0 Å². The van der Waals surface area contributed by atoms with Crippen molar-refractivity contribution in [2.75, 3.05) is 26.7 Å². The summed E-state index contributed by atoms with van der Waals surface area (Å²) in [5.41, 5.74) is 0.961. The van der Waals surface area contributed by atoms with E-state index in [0.717, 1.165) is 37.0 Å². The van der Waals surface area contributed by atoms with E-state index in [-0.39, 0.29) is 6.04 Å². The quantitative estimate of drug-likeness (QED) is 0.848. The second-order valence-corrected chi connectivity index (χ2v) is 5.66. The van der Waals surface area contributed by atoms with Crippen LogP contribution in [0.5, 0.6) is 0 Å². The molecule has 0 unspecified atom stereocenters. The summed E-state index contributed by atoms with van der Waals surface area (Å²) in [5.74, 6) is 3.02. The minimum atomic E-state index is 0.122. The summed E-state index contributed by atoms with van der Waals surface area (Å²) in [6.07, 6.45) is 0. The van der Waals surface area contributed by atoms with Crippen LogP contribution in [0.25, 0.3) is 0 Å². The maximum absolute atomic E-state index is 5.67. The van der Waals surface area contributed by atoms with Gasteiger partial charge in [-0.05, 0) is 27.8 Å². The summed E-state index contributed by atoms with van der Waals surface area (Å²) in [6.45, 7) is 9.22. The molecule has 1 atom stereocenters. The van der Waals surface area contributed by atoms with Gasteiger partial charge in [0.15, 0.2) is 5.82 Å². The van der Waals surface area contributed by atoms with E-state index in [2.05, 4.69) is 32.0 Å². The number of hydrogen-bond acceptors (Lipinski definition) is 7. The normalized spacial score (nSPS) is 21.0. The second-order valence-electron chi connectivity index (χ2n) is 5.66. The van der Waals surface area contributed by atoms with E-state index in [9.17, 15) is 0 Å². The number of oxazole rings is 1. The van der Waals surface area contributed by atoms with Crippen molar-refractivity contribution in [1.82, 2.24) is 24.9 Å². The molecule has 1 saturated heterocycles. The lowest BCUT2D eigenvalue weighted by atomic mass is 10.2. The van der Waals surface area contributed by atoms with Gasteiger partial charge >= 0.3 is 0 Å². The van der Waals surface area contributed by atoms with Crippen LogP contribution in [0.2, 0.25) is 0 Å². The Hall–Kier alpha value is -1.73. The lowest BCUT2D eigenvalue weighted by Crippen LogP contribution is -2.46. The Morgan fingerprint density at radius 2 is 2.00 bits per heavy atom. The minimum absolute atomic E-state index is 0.122. The molecule has 114 valence electrons. The van der Waals surface area contributed by atoms with Crippen LogP contribution in [-0.2, 0) is 6.54 Å². The molecular formula is C14H21N5O2. The van der Waals surface area contributed by atoms with Crippen LogP contribution in [0.15, 0.2) is 8.94 Å². The molecule has 0 spiro atoms. The summed E-state index contributed by atoms with van der Waals surface area (Å²) in [6, 6.07) is 0.122. The zero-order chi connectivity index (χ0) is 15.0. The zero-order valence-electron chi connectivity index (χ0n) is 13.0.